The molecule has 2 aromatic carbocycles. The Morgan fingerprint density at radius 2 is 2.00 bits per heavy atom. The molecule has 148 valence electrons. The van der Waals surface area contributed by atoms with E-state index < -0.39 is 0 Å². The minimum Gasteiger partial charge on any atom is -0.497 e. The highest BCUT2D eigenvalue weighted by Crippen LogP contribution is 2.51. The molecular weight excluding hydrogens is 384 g/mol. The van der Waals surface area contributed by atoms with Crippen molar-refractivity contribution in [3.05, 3.63) is 76.0 Å². The number of nitrogens with zero attached hydrogens (tertiary/aromatic N) is 2. The van der Waals surface area contributed by atoms with Crippen LogP contribution in [0.25, 0.3) is 0 Å². The first kappa shape index (κ1) is 18.1. The van der Waals surface area contributed by atoms with Gasteiger partial charge in [-0.25, -0.2) is 5.01 Å². The first-order chi connectivity index (χ1) is 14.3. The van der Waals surface area contributed by atoms with Gasteiger partial charge in [0.05, 0.1) is 30.3 Å². The van der Waals surface area contributed by atoms with Crippen molar-refractivity contribution in [2.75, 3.05) is 13.7 Å². The molecule has 0 saturated heterocycles. The van der Waals surface area contributed by atoms with Crippen LogP contribution >= 0.6 is 11.3 Å². The molecule has 0 amide bonds. The molecule has 0 spiro atoms. The fraction of sp³-hybridized carbons (Fsp3) is 0.261. The second-order valence-electron chi connectivity index (χ2n) is 6.97. The highest BCUT2D eigenvalue weighted by atomic mass is 32.1. The molecule has 0 bridgehead atoms. The zero-order valence-corrected chi connectivity index (χ0v) is 17.2. The van der Waals surface area contributed by atoms with Crippen molar-refractivity contribution in [1.82, 2.24) is 5.01 Å². The van der Waals surface area contributed by atoms with Crippen LogP contribution in [0.2, 0.25) is 0 Å². The standard InChI is InChI=1S/C23H22N2O3S/c1-3-27-20-7-4-6-17-19-14-18(21-8-5-13-29-21)24-25(19)23(28-22(17)20)15-9-11-16(26-2)12-10-15/h4-13,19,23H,3,14H2,1-2H3/t19-,23-/m1/s1. The summed E-state index contributed by atoms with van der Waals surface area (Å²) in [7, 11) is 1.67. The molecule has 2 aliphatic rings. The zero-order valence-electron chi connectivity index (χ0n) is 16.4. The smallest absolute Gasteiger partial charge is 0.214 e. The predicted molar refractivity (Wildman–Crippen MR) is 114 cm³/mol. The Kier molecular flexibility index (Phi) is 4.64. The van der Waals surface area contributed by atoms with Crippen molar-refractivity contribution in [3.8, 4) is 17.2 Å². The number of methoxy groups -OCH3 is 1. The number of rotatable bonds is 5. The average Bonchev–Trinajstić information content (AvgIpc) is 3.44. The molecule has 0 saturated carbocycles. The Hall–Kier alpha value is -2.99. The predicted octanol–water partition coefficient (Wildman–Crippen LogP) is 5.40. The minimum absolute atomic E-state index is 0.114. The summed E-state index contributed by atoms with van der Waals surface area (Å²) in [5.74, 6) is 2.42. The Bertz CT molecular complexity index is 1030. The summed E-state index contributed by atoms with van der Waals surface area (Å²) in [5.41, 5.74) is 3.25. The van der Waals surface area contributed by atoms with E-state index in [1.807, 2.05) is 43.3 Å². The first-order valence-electron chi connectivity index (χ1n) is 9.74. The SMILES string of the molecule is CCOc1cccc2c1O[C@H](c1ccc(OC)cc1)N1N=C(c3cccs3)C[C@H]21. The molecule has 2 aliphatic heterocycles. The molecule has 0 N–H and O–H groups in total. The van der Waals surface area contributed by atoms with Gasteiger partial charge in [-0.3, -0.25) is 0 Å². The molecular formula is C23H22N2O3S. The zero-order chi connectivity index (χ0) is 19.8. The van der Waals surface area contributed by atoms with E-state index >= 15 is 0 Å². The third-order valence-electron chi connectivity index (χ3n) is 5.29. The molecule has 5 rings (SSSR count). The van der Waals surface area contributed by atoms with Crippen LogP contribution in [-0.2, 0) is 0 Å². The molecule has 5 nitrogen and oxygen atoms in total. The van der Waals surface area contributed by atoms with Crippen LogP contribution in [0.15, 0.2) is 65.1 Å². The third-order valence-corrected chi connectivity index (χ3v) is 6.21. The molecule has 6 heteroatoms. The van der Waals surface area contributed by atoms with Gasteiger partial charge in [0.25, 0.3) is 0 Å². The second-order valence-corrected chi connectivity index (χ2v) is 7.92. The summed E-state index contributed by atoms with van der Waals surface area (Å²) >= 11 is 1.72. The topological polar surface area (TPSA) is 43.3 Å². The van der Waals surface area contributed by atoms with E-state index in [1.165, 1.54) is 4.88 Å². The summed E-state index contributed by atoms with van der Waals surface area (Å²) in [5, 5.41) is 9.17. The number of benzene rings is 2. The van der Waals surface area contributed by atoms with E-state index in [9.17, 15) is 0 Å². The molecule has 3 heterocycles. The fourth-order valence-electron chi connectivity index (χ4n) is 3.93. The molecule has 0 unspecified atom stereocenters. The molecule has 0 radical (unpaired) electrons. The molecule has 0 fully saturated rings. The van der Waals surface area contributed by atoms with Crippen molar-refractivity contribution in [2.24, 2.45) is 5.10 Å². The van der Waals surface area contributed by atoms with E-state index in [2.05, 4.69) is 28.6 Å². The van der Waals surface area contributed by atoms with Crippen molar-refractivity contribution < 1.29 is 14.2 Å². The minimum atomic E-state index is -0.322. The van der Waals surface area contributed by atoms with Gasteiger partial charge >= 0.3 is 0 Å². The highest BCUT2D eigenvalue weighted by Gasteiger charge is 2.42. The van der Waals surface area contributed by atoms with Gasteiger partial charge in [-0.05, 0) is 48.7 Å². The molecule has 3 aromatic rings. The number of para-hydroxylation sites is 1. The average molecular weight is 407 g/mol. The Morgan fingerprint density at radius 1 is 1.14 bits per heavy atom. The van der Waals surface area contributed by atoms with E-state index in [0.29, 0.717) is 6.61 Å². The van der Waals surface area contributed by atoms with Crippen molar-refractivity contribution >= 4 is 17.0 Å². The Labute approximate surface area is 174 Å². The number of thiophene rings is 1. The van der Waals surface area contributed by atoms with Crippen LogP contribution < -0.4 is 14.2 Å². The van der Waals surface area contributed by atoms with Crippen molar-refractivity contribution in [2.45, 2.75) is 25.6 Å². The van der Waals surface area contributed by atoms with E-state index in [4.69, 9.17) is 19.3 Å². The number of hydrogen-bond donors (Lipinski definition) is 0. The monoisotopic (exact) mass is 406 g/mol. The van der Waals surface area contributed by atoms with Gasteiger partial charge < -0.3 is 14.2 Å². The molecule has 1 aromatic heterocycles. The first-order valence-corrected chi connectivity index (χ1v) is 10.6. The van der Waals surface area contributed by atoms with Crippen LogP contribution in [0.1, 0.15) is 41.6 Å². The Morgan fingerprint density at radius 3 is 2.72 bits per heavy atom. The van der Waals surface area contributed by atoms with Gasteiger partial charge in [0.15, 0.2) is 11.5 Å². The van der Waals surface area contributed by atoms with E-state index in [0.717, 1.165) is 40.5 Å². The quantitative estimate of drug-likeness (QED) is 0.569. The summed E-state index contributed by atoms with van der Waals surface area (Å²) in [6.07, 6.45) is 0.525. The lowest BCUT2D eigenvalue weighted by molar-refractivity contribution is -0.0212. The highest BCUT2D eigenvalue weighted by molar-refractivity contribution is 7.12. The van der Waals surface area contributed by atoms with Crippen molar-refractivity contribution in [1.29, 1.82) is 0 Å². The van der Waals surface area contributed by atoms with Crippen molar-refractivity contribution in [3.63, 3.8) is 0 Å². The van der Waals surface area contributed by atoms with Gasteiger partial charge in [-0.1, -0.05) is 18.2 Å². The number of ether oxygens (including phenoxy) is 3. The molecule has 2 atom stereocenters. The number of hydrogen-bond acceptors (Lipinski definition) is 6. The van der Waals surface area contributed by atoms with Gasteiger partial charge in [-0.2, -0.15) is 5.10 Å². The van der Waals surface area contributed by atoms with Gasteiger partial charge in [-0.15, -0.1) is 11.3 Å². The van der Waals surface area contributed by atoms with E-state index in [-0.39, 0.29) is 12.3 Å². The summed E-state index contributed by atoms with van der Waals surface area (Å²) in [4.78, 5) is 1.20. The number of fused-ring (bicyclic) bond motifs is 3. The van der Waals surface area contributed by atoms with Gasteiger partial charge in [0.1, 0.15) is 5.75 Å². The summed E-state index contributed by atoms with van der Waals surface area (Å²) in [6, 6.07) is 18.4. The van der Waals surface area contributed by atoms with Crippen LogP contribution in [0.4, 0.5) is 0 Å². The molecule has 0 aliphatic carbocycles. The maximum absolute atomic E-state index is 6.51. The third kappa shape index (κ3) is 3.13. The van der Waals surface area contributed by atoms with Crippen LogP contribution in [0, 0.1) is 0 Å². The fourth-order valence-corrected chi connectivity index (χ4v) is 4.65. The maximum atomic E-state index is 6.51. The normalized spacial score (nSPS) is 19.8. The summed E-state index contributed by atoms with van der Waals surface area (Å²) in [6.45, 7) is 2.58. The number of hydrazone groups is 1. The van der Waals surface area contributed by atoms with E-state index in [1.54, 1.807) is 18.4 Å². The van der Waals surface area contributed by atoms with Gasteiger partial charge in [0, 0.05) is 17.5 Å². The van der Waals surface area contributed by atoms with Crippen LogP contribution in [-0.4, -0.2) is 24.4 Å². The molecule has 29 heavy (non-hydrogen) atoms. The largest absolute Gasteiger partial charge is 0.497 e. The lowest BCUT2D eigenvalue weighted by Gasteiger charge is -2.38. The van der Waals surface area contributed by atoms with Crippen LogP contribution in [0.3, 0.4) is 0 Å². The Balaban J connectivity index is 1.60. The lowest BCUT2D eigenvalue weighted by Crippen LogP contribution is -2.33. The van der Waals surface area contributed by atoms with Gasteiger partial charge in [0.2, 0.25) is 6.23 Å². The second kappa shape index (κ2) is 7.44. The van der Waals surface area contributed by atoms with Crippen LogP contribution in [0.5, 0.6) is 17.2 Å². The summed E-state index contributed by atoms with van der Waals surface area (Å²) < 4.78 is 17.7. The lowest BCUT2D eigenvalue weighted by atomic mass is 9.97. The maximum Gasteiger partial charge on any atom is 0.214 e.